The van der Waals surface area contributed by atoms with Gasteiger partial charge in [0.15, 0.2) is 5.96 Å². The van der Waals surface area contributed by atoms with Crippen LogP contribution in [0.2, 0.25) is 0 Å². The standard InChI is InChI=1S/C19H30N4O2/c1-3-4-11-21-18(24)16-9-7-15(8-10-16)13-22-19(20-2)23-14-17-6-5-12-25-17/h7-10,17H,3-6,11-14H2,1-2H3,(H,21,24)(H2,20,22,23). The third kappa shape index (κ3) is 6.74. The molecule has 1 fully saturated rings. The second-order valence-corrected chi connectivity index (χ2v) is 6.25. The van der Waals surface area contributed by atoms with Gasteiger partial charge in [-0.3, -0.25) is 9.79 Å². The molecule has 0 aromatic heterocycles. The zero-order valence-electron chi connectivity index (χ0n) is 15.3. The van der Waals surface area contributed by atoms with Crippen LogP contribution in [0.25, 0.3) is 0 Å². The van der Waals surface area contributed by atoms with Crippen molar-refractivity contribution in [3.63, 3.8) is 0 Å². The van der Waals surface area contributed by atoms with Gasteiger partial charge in [-0.1, -0.05) is 25.5 Å². The zero-order chi connectivity index (χ0) is 17.9. The molecule has 0 aliphatic carbocycles. The molecule has 2 rings (SSSR count). The van der Waals surface area contributed by atoms with Crippen LogP contribution in [0.4, 0.5) is 0 Å². The number of hydrogen-bond acceptors (Lipinski definition) is 3. The number of carbonyl (C=O) groups is 1. The molecule has 0 radical (unpaired) electrons. The van der Waals surface area contributed by atoms with Crippen LogP contribution < -0.4 is 16.0 Å². The first-order valence-electron chi connectivity index (χ1n) is 9.16. The van der Waals surface area contributed by atoms with Crippen LogP contribution in [0.1, 0.15) is 48.5 Å². The molecular weight excluding hydrogens is 316 g/mol. The zero-order valence-corrected chi connectivity index (χ0v) is 15.3. The molecule has 6 nitrogen and oxygen atoms in total. The maximum Gasteiger partial charge on any atom is 0.251 e. The van der Waals surface area contributed by atoms with E-state index in [1.54, 1.807) is 7.05 Å². The molecular formula is C19H30N4O2. The largest absolute Gasteiger partial charge is 0.376 e. The lowest BCUT2D eigenvalue weighted by molar-refractivity contribution is 0.0953. The van der Waals surface area contributed by atoms with Gasteiger partial charge in [-0.15, -0.1) is 0 Å². The molecule has 1 unspecified atom stereocenters. The summed E-state index contributed by atoms with van der Waals surface area (Å²) >= 11 is 0. The van der Waals surface area contributed by atoms with Crippen LogP contribution in [0.15, 0.2) is 29.3 Å². The molecule has 1 amide bonds. The predicted octanol–water partition coefficient (Wildman–Crippen LogP) is 2.06. The van der Waals surface area contributed by atoms with E-state index < -0.39 is 0 Å². The van der Waals surface area contributed by atoms with Gasteiger partial charge in [0, 0.05) is 38.9 Å². The Morgan fingerprint density at radius 3 is 2.68 bits per heavy atom. The fourth-order valence-corrected chi connectivity index (χ4v) is 2.68. The minimum absolute atomic E-state index is 0.0120. The summed E-state index contributed by atoms with van der Waals surface area (Å²) in [5.74, 6) is 0.749. The summed E-state index contributed by atoms with van der Waals surface area (Å²) in [7, 11) is 1.76. The Morgan fingerprint density at radius 2 is 2.04 bits per heavy atom. The van der Waals surface area contributed by atoms with Gasteiger partial charge in [-0.2, -0.15) is 0 Å². The number of nitrogens with one attached hydrogen (secondary N) is 3. The highest BCUT2D eigenvalue weighted by molar-refractivity contribution is 5.94. The second-order valence-electron chi connectivity index (χ2n) is 6.25. The van der Waals surface area contributed by atoms with E-state index in [1.165, 1.54) is 0 Å². The van der Waals surface area contributed by atoms with Gasteiger partial charge in [-0.25, -0.2) is 0 Å². The number of ether oxygens (including phenoxy) is 1. The number of guanidine groups is 1. The van der Waals surface area contributed by atoms with E-state index in [9.17, 15) is 4.79 Å². The minimum atomic E-state index is -0.0120. The lowest BCUT2D eigenvalue weighted by atomic mass is 10.1. The van der Waals surface area contributed by atoms with Crippen molar-refractivity contribution in [3.05, 3.63) is 35.4 Å². The van der Waals surface area contributed by atoms with Crippen LogP contribution >= 0.6 is 0 Å². The molecule has 0 spiro atoms. The first kappa shape index (κ1) is 19.2. The number of benzene rings is 1. The van der Waals surface area contributed by atoms with Gasteiger partial charge in [0.05, 0.1) is 6.10 Å². The summed E-state index contributed by atoms with van der Waals surface area (Å²) in [5.41, 5.74) is 1.80. The highest BCUT2D eigenvalue weighted by Gasteiger charge is 2.15. The number of unbranched alkanes of at least 4 members (excludes halogenated alkanes) is 1. The van der Waals surface area contributed by atoms with E-state index in [4.69, 9.17) is 4.74 Å². The van der Waals surface area contributed by atoms with Crippen molar-refractivity contribution in [2.45, 2.75) is 45.3 Å². The van der Waals surface area contributed by atoms with Crippen molar-refractivity contribution in [1.29, 1.82) is 0 Å². The number of hydrogen-bond donors (Lipinski definition) is 3. The van der Waals surface area contributed by atoms with E-state index in [0.717, 1.165) is 56.9 Å². The average Bonchev–Trinajstić information content (AvgIpc) is 3.16. The third-order valence-corrected chi connectivity index (χ3v) is 4.24. The molecule has 0 saturated carbocycles. The Kier molecular flexibility index (Phi) is 8.25. The van der Waals surface area contributed by atoms with E-state index in [2.05, 4.69) is 27.9 Å². The number of carbonyl (C=O) groups excluding carboxylic acids is 1. The Labute approximate surface area is 150 Å². The normalized spacial score (nSPS) is 17.4. The maximum atomic E-state index is 12.0. The molecule has 25 heavy (non-hydrogen) atoms. The molecule has 138 valence electrons. The van der Waals surface area contributed by atoms with E-state index in [-0.39, 0.29) is 12.0 Å². The number of amides is 1. The number of rotatable bonds is 8. The highest BCUT2D eigenvalue weighted by atomic mass is 16.5. The fourth-order valence-electron chi connectivity index (χ4n) is 2.68. The molecule has 1 heterocycles. The molecule has 1 aliphatic rings. The quantitative estimate of drug-likeness (QED) is 0.383. The number of aliphatic imine (C=N–C) groups is 1. The molecule has 1 aromatic carbocycles. The second kappa shape index (κ2) is 10.7. The first-order valence-corrected chi connectivity index (χ1v) is 9.16. The Bertz CT molecular complexity index is 551. The molecule has 0 bridgehead atoms. The predicted molar refractivity (Wildman–Crippen MR) is 101 cm³/mol. The van der Waals surface area contributed by atoms with Crippen molar-refractivity contribution in [3.8, 4) is 0 Å². The first-order chi connectivity index (χ1) is 12.2. The lowest BCUT2D eigenvalue weighted by Crippen LogP contribution is -2.40. The smallest absolute Gasteiger partial charge is 0.251 e. The van der Waals surface area contributed by atoms with Crippen LogP contribution in [0.5, 0.6) is 0 Å². The van der Waals surface area contributed by atoms with E-state index in [1.807, 2.05) is 24.3 Å². The van der Waals surface area contributed by atoms with Gasteiger partial charge < -0.3 is 20.7 Å². The molecule has 1 saturated heterocycles. The third-order valence-electron chi connectivity index (χ3n) is 4.24. The molecule has 1 aromatic rings. The highest BCUT2D eigenvalue weighted by Crippen LogP contribution is 2.10. The van der Waals surface area contributed by atoms with Gasteiger partial charge in [0.1, 0.15) is 0 Å². The Hall–Kier alpha value is -2.08. The summed E-state index contributed by atoms with van der Waals surface area (Å²) in [4.78, 5) is 16.2. The average molecular weight is 346 g/mol. The van der Waals surface area contributed by atoms with Crippen molar-refractivity contribution in [1.82, 2.24) is 16.0 Å². The number of nitrogens with zero attached hydrogens (tertiary/aromatic N) is 1. The maximum absolute atomic E-state index is 12.0. The van der Waals surface area contributed by atoms with Crippen LogP contribution in [-0.4, -0.2) is 44.7 Å². The van der Waals surface area contributed by atoms with Gasteiger partial charge in [-0.05, 0) is 37.0 Å². The van der Waals surface area contributed by atoms with Crippen molar-refractivity contribution in [2.75, 3.05) is 26.7 Å². The van der Waals surface area contributed by atoms with Crippen molar-refractivity contribution >= 4 is 11.9 Å². The van der Waals surface area contributed by atoms with Gasteiger partial charge in [0.25, 0.3) is 5.91 Å². The summed E-state index contributed by atoms with van der Waals surface area (Å²) in [6.07, 6.45) is 4.60. The fraction of sp³-hybridized carbons (Fsp3) is 0.579. The van der Waals surface area contributed by atoms with E-state index in [0.29, 0.717) is 12.1 Å². The summed E-state index contributed by atoms with van der Waals surface area (Å²) in [6, 6.07) is 7.66. The monoisotopic (exact) mass is 346 g/mol. The lowest BCUT2D eigenvalue weighted by Gasteiger charge is -2.15. The van der Waals surface area contributed by atoms with Crippen molar-refractivity contribution < 1.29 is 9.53 Å². The summed E-state index contributed by atoms with van der Waals surface area (Å²) < 4.78 is 5.60. The molecule has 1 atom stereocenters. The topological polar surface area (TPSA) is 74.8 Å². The van der Waals surface area contributed by atoms with Gasteiger partial charge in [0.2, 0.25) is 0 Å². The SMILES string of the molecule is CCCCNC(=O)c1ccc(CNC(=NC)NCC2CCCO2)cc1. The van der Waals surface area contributed by atoms with E-state index >= 15 is 0 Å². The summed E-state index contributed by atoms with van der Waals surface area (Å²) in [6.45, 7) is 5.12. The molecule has 6 heteroatoms. The Balaban J connectivity index is 1.74. The molecule has 1 aliphatic heterocycles. The van der Waals surface area contributed by atoms with Crippen LogP contribution in [0.3, 0.4) is 0 Å². The van der Waals surface area contributed by atoms with Gasteiger partial charge >= 0.3 is 0 Å². The summed E-state index contributed by atoms with van der Waals surface area (Å²) in [5, 5.41) is 9.50. The van der Waals surface area contributed by atoms with Crippen molar-refractivity contribution in [2.24, 2.45) is 4.99 Å². The van der Waals surface area contributed by atoms with Crippen LogP contribution in [-0.2, 0) is 11.3 Å². The van der Waals surface area contributed by atoms with Crippen LogP contribution in [0, 0.1) is 0 Å². The Morgan fingerprint density at radius 1 is 1.24 bits per heavy atom. The minimum Gasteiger partial charge on any atom is -0.376 e. The molecule has 3 N–H and O–H groups in total.